The Morgan fingerprint density at radius 3 is 1.68 bits per heavy atom. The van der Waals surface area contributed by atoms with Crippen LogP contribution >= 0.6 is 0 Å². The van der Waals surface area contributed by atoms with Gasteiger partial charge in [0.15, 0.2) is 5.78 Å². The molecule has 1 fully saturated rings. The second kappa shape index (κ2) is 5.23. The van der Waals surface area contributed by atoms with Gasteiger partial charge in [-0.15, -0.1) is 0 Å². The van der Waals surface area contributed by atoms with Crippen LogP contribution in [-0.2, 0) is 4.79 Å². The van der Waals surface area contributed by atoms with Gasteiger partial charge in [-0.2, -0.15) is 0 Å². The molecule has 1 nitrogen and oxygen atoms in total. The van der Waals surface area contributed by atoms with Gasteiger partial charge in [-0.1, -0.05) is 60.7 Å². The van der Waals surface area contributed by atoms with Crippen LogP contribution in [0.25, 0.3) is 5.57 Å². The summed E-state index contributed by atoms with van der Waals surface area (Å²) in [6.07, 6.45) is 2.58. The minimum atomic E-state index is 0.308. The Morgan fingerprint density at radius 1 is 0.737 bits per heavy atom. The molecule has 2 aromatic rings. The van der Waals surface area contributed by atoms with E-state index in [4.69, 9.17) is 0 Å². The van der Waals surface area contributed by atoms with Crippen LogP contribution in [0, 0.1) is 0 Å². The Hall–Kier alpha value is -2.15. The second-order valence-corrected chi connectivity index (χ2v) is 4.86. The van der Waals surface area contributed by atoms with Crippen molar-refractivity contribution >= 4 is 11.4 Å². The van der Waals surface area contributed by atoms with Gasteiger partial charge in [0.25, 0.3) is 0 Å². The van der Waals surface area contributed by atoms with Crippen molar-refractivity contribution in [1.82, 2.24) is 0 Å². The van der Waals surface area contributed by atoms with Crippen LogP contribution in [0.5, 0.6) is 0 Å². The molecule has 1 heteroatoms. The van der Waals surface area contributed by atoms with E-state index in [9.17, 15) is 4.79 Å². The third-order valence-electron chi connectivity index (χ3n) is 3.59. The molecule has 0 amide bonds. The van der Waals surface area contributed by atoms with E-state index in [0.717, 1.165) is 35.1 Å². The zero-order valence-corrected chi connectivity index (χ0v) is 10.8. The van der Waals surface area contributed by atoms with E-state index in [1.54, 1.807) is 0 Å². The molecule has 0 heterocycles. The van der Waals surface area contributed by atoms with Crippen LogP contribution in [0.3, 0.4) is 0 Å². The van der Waals surface area contributed by atoms with Crippen molar-refractivity contribution in [2.45, 2.75) is 19.3 Å². The maximum absolute atomic E-state index is 12.1. The number of Topliss-reactive ketones (excluding diaryl/α,β-unsaturated/α-hetero) is 1. The Bertz CT molecular complexity index is 567. The molecule has 0 atom stereocenters. The summed E-state index contributed by atoms with van der Waals surface area (Å²) < 4.78 is 0. The molecule has 2 aromatic carbocycles. The van der Waals surface area contributed by atoms with Crippen LogP contribution in [0.1, 0.15) is 30.4 Å². The number of ketones is 1. The smallest absolute Gasteiger partial charge is 0.159 e. The molecular formula is C18H16O. The fraction of sp³-hybridized carbons (Fsp3) is 0.167. The van der Waals surface area contributed by atoms with Crippen molar-refractivity contribution in [3.8, 4) is 0 Å². The molecule has 0 aliphatic heterocycles. The number of carbonyl (C=O) groups excluding carboxylic acids is 1. The molecule has 0 saturated heterocycles. The average molecular weight is 248 g/mol. The maximum Gasteiger partial charge on any atom is 0.159 e. The summed E-state index contributed by atoms with van der Waals surface area (Å²) in [4.78, 5) is 12.1. The van der Waals surface area contributed by atoms with Gasteiger partial charge in [0.2, 0.25) is 0 Å². The first kappa shape index (κ1) is 11.9. The van der Waals surface area contributed by atoms with E-state index in [1.165, 1.54) is 0 Å². The van der Waals surface area contributed by atoms with Crippen molar-refractivity contribution in [3.63, 3.8) is 0 Å². The lowest BCUT2D eigenvalue weighted by atomic mass is 9.92. The molecule has 0 N–H and O–H groups in total. The summed E-state index contributed by atoms with van der Waals surface area (Å²) in [6.45, 7) is 0. The van der Waals surface area contributed by atoms with Gasteiger partial charge < -0.3 is 0 Å². The predicted octanol–water partition coefficient (Wildman–Crippen LogP) is 4.24. The van der Waals surface area contributed by atoms with Crippen LogP contribution in [0.15, 0.2) is 66.2 Å². The monoisotopic (exact) mass is 248 g/mol. The fourth-order valence-electron chi connectivity index (χ4n) is 2.71. The number of carbonyl (C=O) groups is 1. The molecule has 1 aliphatic carbocycles. The first-order chi connectivity index (χ1) is 9.36. The summed E-state index contributed by atoms with van der Waals surface area (Å²) >= 11 is 0. The summed E-state index contributed by atoms with van der Waals surface area (Å²) in [5, 5.41) is 0. The maximum atomic E-state index is 12.1. The first-order valence-corrected chi connectivity index (χ1v) is 6.73. The lowest BCUT2D eigenvalue weighted by Crippen LogP contribution is -1.99. The van der Waals surface area contributed by atoms with E-state index in [1.807, 2.05) is 36.4 Å². The Balaban J connectivity index is 2.20. The first-order valence-electron chi connectivity index (χ1n) is 6.73. The van der Waals surface area contributed by atoms with E-state index >= 15 is 0 Å². The SMILES string of the molecule is O=C1CCCC1=C(c1ccccc1)c1ccccc1. The van der Waals surface area contributed by atoms with Crippen molar-refractivity contribution in [2.75, 3.05) is 0 Å². The highest BCUT2D eigenvalue weighted by molar-refractivity contribution is 6.07. The highest BCUT2D eigenvalue weighted by Crippen LogP contribution is 2.33. The molecule has 0 unspecified atom stereocenters. The molecular weight excluding hydrogens is 232 g/mol. The fourth-order valence-corrected chi connectivity index (χ4v) is 2.71. The number of hydrogen-bond acceptors (Lipinski definition) is 1. The third kappa shape index (κ3) is 2.37. The largest absolute Gasteiger partial charge is 0.295 e. The van der Waals surface area contributed by atoms with E-state index < -0.39 is 0 Å². The Kier molecular flexibility index (Phi) is 3.28. The molecule has 3 rings (SSSR count). The number of rotatable bonds is 2. The molecule has 94 valence electrons. The zero-order chi connectivity index (χ0) is 13.1. The zero-order valence-electron chi connectivity index (χ0n) is 10.8. The van der Waals surface area contributed by atoms with Gasteiger partial charge >= 0.3 is 0 Å². The lowest BCUT2D eigenvalue weighted by molar-refractivity contribution is -0.114. The van der Waals surface area contributed by atoms with Crippen LogP contribution in [0.2, 0.25) is 0 Å². The van der Waals surface area contributed by atoms with Crippen molar-refractivity contribution in [1.29, 1.82) is 0 Å². The number of allylic oxidation sites excluding steroid dienone is 1. The van der Waals surface area contributed by atoms with Gasteiger partial charge in [-0.05, 0) is 29.5 Å². The van der Waals surface area contributed by atoms with Crippen molar-refractivity contribution < 1.29 is 4.79 Å². The highest BCUT2D eigenvalue weighted by Gasteiger charge is 2.22. The Labute approximate surface area is 113 Å². The number of benzene rings is 2. The van der Waals surface area contributed by atoms with E-state index in [-0.39, 0.29) is 0 Å². The van der Waals surface area contributed by atoms with E-state index in [0.29, 0.717) is 12.2 Å². The summed E-state index contributed by atoms with van der Waals surface area (Å²) in [5.41, 5.74) is 4.39. The average Bonchev–Trinajstić information content (AvgIpc) is 2.88. The standard InChI is InChI=1S/C18H16O/c19-17-13-7-12-16(17)18(14-8-3-1-4-9-14)15-10-5-2-6-11-15/h1-6,8-11H,7,12-13H2. The van der Waals surface area contributed by atoms with Crippen LogP contribution < -0.4 is 0 Å². The predicted molar refractivity (Wildman–Crippen MR) is 77.8 cm³/mol. The normalized spacial score (nSPS) is 14.7. The minimum Gasteiger partial charge on any atom is -0.295 e. The van der Waals surface area contributed by atoms with E-state index in [2.05, 4.69) is 24.3 Å². The van der Waals surface area contributed by atoms with Gasteiger partial charge in [0.05, 0.1) is 0 Å². The summed E-state index contributed by atoms with van der Waals surface area (Å²) in [7, 11) is 0. The molecule has 0 aromatic heterocycles. The van der Waals surface area contributed by atoms with Crippen LogP contribution in [-0.4, -0.2) is 5.78 Å². The minimum absolute atomic E-state index is 0.308. The van der Waals surface area contributed by atoms with Crippen LogP contribution in [0.4, 0.5) is 0 Å². The molecule has 19 heavy (non-hydrogen) atoms. The lowest BCUT2D eigenvalue weighted by Gasteiger charge is -2.11. The van der Waals surface area contributed by atoms with Gasteiger partial charge in [0, 0.05) is 12.0 Å². The topological polar surface area (TPSA) is 17.1 Å². The number of hydrogen-bond donors (Lipinski definition) is 0. The van der Waals surface area contributed by atoms with Crippen molar-refractivity contribution in [2.24, 2.45) is 0 Å². The molecule has 0 bridgehead atoms. The molecule has 1 saturated carbocycles. The molecule has 0 spiro atoms. The van der Waals surface area contributed by atoms with Gasteiger partial charge in [-0.3, -0.25) is 4.79 Å². The second-order valence-electron chi connectivity index (χ2n) is 4.86. The Morgan fingerprint density at radius 2 is 1.26 bits per heavy atom. The highest BCUT2D eigenvalue weighted by atomic mass is 16.1. The third-order valence-corrected chi connectivity index (χ3v) is 3.59. The van der Waals surface area contributed by atoms with Crippen molar-refractivity contribution in [3.05, 3.63) is 77.4 Å². The van der Waals surface area contributed by atoms with Gasteiger partial charge in [-0.25, -0.2) is 0 Å². The van der Waals surface area contributed by atoms with Gasteiger partial charge in [0.1, 0.15) is 0 Å². The summed E-state index contributed by atoms with van der Waals surface area (Å²) in [5.74, 6) is 0.308. The molecule has 1 aliphatic rings. The summed E-state index contributed by atoms with van der Waals surface area (Å²) in [6, 6.07) is 20.5. The molecule has 0 radical (unpaired) electrons. The quantitative estimate of drug-likeness (QED) is 0.726.